The molecule has 134 valence electrons. The third-order valence-corrected chi connectivity index (χ3v) is 2.49. The minimum Gasteiger partial charge on any atom is -0.394 e. The van der Waals surface area contributed by atoms with Gasteiger partial charge in [-0.25, -0.2) is 0 Å². The van der Waals surface area contributed by atoms with Gasteiger partial charge in [-0.05, 0) is 26.7 Å². The first kappa shape index (κ1) is 24.4. The lowest BCUT2D eigenvalue weighted by atomic mass is 10.2. The molecule has 0 unspecified atom stereocenters. The maximum absolute atomic E-state index is 8.17. The molecule has 0 fully saturated rings. The van der Waals surface area contributed by atoms with E-state index in [1.807, 2.05) is 44.2 Å². The SMILES string of the molecule is C#CCN(C)C.C#CCN(C)Cc1ccccc1.OCC(O)CO. The standard InChI is InChI=1S/C11H13N.C5H9N.C3H8O3/c1-3-9-12(2)10-11-7-5-4-6-8-11;1-4-5-6(2)3;4-1-3(6)2-5/h1,4-8H,9-10H2,2H3;1H,5H2,2-3H3;3-6H,1-2H2. The molecule has 5 heteroatoms. The van der Waals surface area contributed by atoms with Crippen LogP contribution in [0, 0.1) is 24.7 Å². The van der Waals surface area contributed by atoms with Crippen molar-refractivity contribution in [2.45, 2.75) is 12.6 Å². The maximum atomic E-state index is 8.17. The summed E-state index contributed by atoms with van der Waals surface area (Å²) in [6.45, 7) is 1.63. The van der Waals surface area contributed by atoms with Gasteiger partial charge in [0.15, 0.2) is 0 Å². The molecule has 3 N–H and O–H groups in total. The molecule has 0 radical (unpaired) electrons. The highest BCUT2D eigenvalue weighted by Crippen LogP contribution is 2.01. The van der Waals surface area contributed by atoms with E-state index in [-0.39, 0.29) is 13.2 Å². The van der Waals surface area contributed by atoms with E-state index in [2.05, 4.69) is 28.9 Å². The number of benzene rings is 1. The van der Waals surface area contributed by atoms with E-state index in [0.29, 0.717) is 6.54 Å². The first-order valence-electron chi connectivity index (χ1n) is 7.55. The Morgan fingerprint density at radius 2 is 1.46 bits per heavy atom. The van der Waals surface area contributed by atoms with Crippen molar-refractivity contribution in [3.05, 3.63) is 35.9 Å². The Labute approximate surface area is 146 Å². The van der Waals surface area contributed by atoms with Gasteiger partial charge >= 0.3 is 0 Å². The summed E-state index contributed by atoms with van der Waals surface area (Å²) in [5, 5.41) is 24.0. The largest absolute Gasteiger partial charge is 0.394 e. The number of aliphatic hydroxyl groups is 3. The number of terminal acetylenes is 2. The second-order valence-electron chi connectivity index (χ2n) is 5.32. The van der Waals surface area contributed by atoms with Crippen LogP contribution in [0.2, 0.25) is 0 Å². The zero-order valence-electron chi connectivity index (χ0n) is 14.9. The van der Waals surface area contributed by atoms with Gasteiger partial charge in [0.2, 0.25) is 0 Å². The molecule has 0 bridgehead atoms. The van der Waals surface area contributed by atoms with Crippen molar-refractivity contribution in [3.8, 4) is 24.7 Å². The highest BCUT2D eigenvalue weighted by atomic mass is 16.3. The third-order valence-electron chi connectivity index (χ3n) is 2.49. The predicted octanol–water partition coefficient (Wildman–Crippen LogP) is 0.265. The minimum absolute atomic E-state index is 0.365. The summed E-state index contributed by atoms with van der Waals surface area (Å²) in [7, 11) is 5.91. The molecule has 1 aromatic carbocycles. The average Bonchev–Trinajstić information content (AvgIpc) is 2.56. The van der Waals surface area contributed by atoms with E-state index in [1.165, 1.54) is 5.56 Å². The highest BCUT2D eigenvalue weighted by Gasteiger charge is 1.96. The quantitative estimate of drug-likeness (QED) is 0.652. The Balaban J connectivity index is 0. The topological polar surface area (TPSA) is 67.2 Å². The molecule has 1 aromatic rings. The molecular weight excluding hydrogens is 304 g/mol. The summed E-state index contributed by atoms with van der Waals surface area (Å²) >= 11 is 0. The lowest BCUT2D eigenvalue weighted by Crippen LogP contribution is -2.17. The van der Waals surface area contributed by atoms with E-state index in [9.17, 15) is 0 Å². The number of nitrogens with zero attached hydrogens (tertiary/aromatic N) is 2. The van der Waals surface area contributed by atoms with Gasteiger partial charge in [-0.15, -0.1) is 12.8 Å². The Bertz CT molecular complexity index is 460. The van der Waals surface area contributed by atoms with Crippen LogP contribution in [0.5, 0.6) is 0 Å². The van der Waals surface area contributed by atoms with E-state index >= 15 is 0 Å². The van der Waals surface area contributed by atoms with Gasteiger partial charge in [0, 0.05) is 6.54 Å². The zero-order valence-corrected chi connectivity index (χ0v) is 14.9. The molecule has 0 heterocycles. The summed E-state index contributed by atoms with van der Waals surface area (Å²) < 4.78 is 0. The predicted molar refractivity (Wildman–Crippen MR) is 99.2 cm³/mol. The molecule has 5 nitrogen and oxygen atoms in total. The summed E-state index contributed by atoms with van der Waals surface area (Å²) in [6.07, 6.45) is 9.18. The molecule has 0 saturated heterocycles. The van der Waals surface area contributed by atoms with Gasteiger partial charge in [-0.2, -0.15) is 0 Å². The monoisotopic (exact) mass is 334 g/mol. The van der Waals surface area contributed by atoms with E-state index in [0.717, 1.165) is 13.1 Å². The maximum Gasteiger partial charge on any atom is 0.100 e. The molecule has 0 aliphatic carbocycles. The molecule has 0 amide bonds. The van der Waals surface area contributed by atoms with Gasteiger partial charge in [-0.3, -0.25) is 9.80 Å². The Morgan fingerprint density at radius 1 is 0.958 bits per heavy atom. The van der Waals surface area contributed by atoms with Gasteiger partial charge in [-0.1, -0.05) is 42.2 Å². The smallest absolute Gasteiger partial charge is 0.100 e. The van der Waals surface area contributed by atoms with Crippen LogP contribution in [-0.2, 0) is 6.54 Å². The van der Waals surface area contributed by atoms with Crippen LogP contribution in [0.4, 0.5) is 0 Å². The fourth-order valence-corrected chi connectivity index (χ4v) is 1.35. The summed E-state index contributed by atoms with van der Waals surface area (Å²) in [6, 6.07) is 10.3. The van der Waals surface area contributed by atoms with E-state index in [4.69, 9.17) is 28.2 Å². The molecule has 0 aliphatic rings. The summed E-state index contributed by atoms with van der Waals surface area (Å²) in [4.78, 5) is 4.05. The number of hydrogen-bond donors (Lipinski definition) is 3. The molecule has 0 aromatic heterocycles. The van der Waals surface area contributed by atoms with Gasteiger partial charge in [0.05, 0.1) is 26.3 Å². The van der Waals surface area contributed by atoms with Crippen molar-refractivity contribution in [2.24, 2.45) is 0 Å². The summed E-state index contributed by atoms with van der Waals surface area (Å²) in [5.74, 6) is 5.11. The Morgan fingerprint density at radius 3 is 1.75 bits per heavy atom. The van der Waals surface area contributed by atoms with Gasteiger partial charge in [0.25, 0.3) is 0 Å². The second kappa shape index (κ2) is 17.5. The van der Waals surface area contributed by atoms with Crippen molar-refractivity contribution in [2.75, 3.05) is 47.4 Å². The lowest BCUT2D eigenvalue weighted by Gasteiger charge is -2.12. The molecule has 0 spiro atoms. The van der Waals surface area contributed by atoms with Crippen molar-refractivity contribution < 1.29 is 15.3 Å². The summed E-state index contributed by atoms with van der Waals surface area (Å²) in [5.41, 5.74) is 1.30. The number of rotatable bonds is 6. The van der Waals surface area contributed by atoms with E-state index in [1.54, 1.807) is 0 Å². The van der Waals surface area contributed by atoms with Crippen LogP contribution in [0.25, 0.3) is 0 Å². The lowest BCUT2D eigenvalue weighted by molar-refractivity contribution is 0.0450. The number of aliphatic hydroxyl groups excluding tert-OH is 3. The first-order chi connectivity index (χ1) is 11.4. The minimum atomic E-state index is -0.954. The molecule has 1 rings (SSSR count). The van der Waals surface area contributed by atoms with Gasteiger partial charge in [0.1, 0.15) is 6.10 Å². The van der Waals surface area contributed by atoms with Crippen LogP contribution in [0.1, 0.15) is 5.56 Å². The second-order valence-corrected chi connectivity index (χ2v) is 5.32. The van der Waals surface area contributed by atoms with Crippen molar-refractivity contribution in [1.29, 1.82) is 0 Å². The van der Waals surface area contributed by atoms with Crippen LogP contribution in [-0.4, -0.2) is 78.7 Å². The third kappa shape index (κ3) is 18.2. The Hall–Kier alpha value is -1.86. The number of hydrogen-bond acceptors (Lipinski definition) is 5. The van der Waals surface area contributed by atoms with E-state index < -0.39 is 6.10 Å². The molecule has 0 atom stereocenters. The van der Waals surface area contributed by atoms with Crippen LogP contribution in [0.15, 0.2) is 30.3 Å². The highest BCUT2D eigenvalue weighted by molar-refractivity contribution is 5.14. The normalized spacial score (nSPS) is 9.46. The van der Waals surface area contributed by atoms with Crippen molar-refractivity contribution >= 4 is 0 Å². The Kier molecular flexibility index (Phi) is 17.8. The fourth-order valence-electron chi connectivity index (χ4n) is 1.35. The zero-order chi connectivity index (χ0) is 18.8. The average molecular weight is 334 g/mol. The van der Waals surface area contributed by atoms with Crippen molar-refractivity contribution in [1.82, 2.24) is 9.80 Å². The first-order valence-corrected chi connectivity index (χ1v) is 7.55. The van der Waals surface area contributed by atoms with Crippen LogP contribution < -0.4 is 0 Å². The van der Waals surface area contributed by atoms with Crippen LogP contribution in [0.3, 0.4) is 0 Å². The molecule has 24 heavy (non-hydrogen) atoms. The molecular formula is C19H30N2O3. The molecule has 0 saturated carbocycles. The molecule has 0 aliphatic heterocycles. The van der Waals surface area contributed by atoms with Gasteiger partial charge < -0.3 is 15.3 Å². The fraction of sp³-hybridized carbons (Fsp3) is 0.474. The van der Waals surface area contributed by atoms with Crippen molar-refractivity contribution in [3.63, 3.8) is 0 Å². The van der Waals surface area contributed by atoms with Crippen LogP contribution >= 0.6 is 0 Å².